The van der Waals surface area contributed by atoms with Crippen molar-refractivity contribution < 1.29 is 14.9 Å². The van der Waals surface area contributed by atoms with Crippen molar-refractivity contribution in [2.75, 3.05) is 13.4 Å². The molecule has 3 unspecified atom stereocenters. The topological polar surface area (TPSA) is 127 Å². The highest BCUT2D eigenvalue weighted by molar-refractivity contribution is 8.02. The number of aliphatic imine (C=N–C) groups is 1. The first-order valence-corrected chi connectivity index (χ1v) is 9.66. The Bertz CT molecular complexity index is 744. The summed E-state index contributed by atoms with van der Waals surface area (Å²) < 4.78 is 5.14. The van der Waals surface area contributed by atoms with E-state index in [9.17, 15) is 15.5 Å². The van der Waals surface area contributed by atoms with Crippen LogP contribution in [0.15, 0.2) is 39.9 Å². The van der Waals surface area contributed by atoms with Crippen molar-refractivity contribution in [1.82, 2.24) is 10.4 Å². The molecule has 8 nitrogen and oxygen atoms in total. The third-order valence-corrected chi connectivity index (χ3v) is 4.97. The van der Waals surface area contributed by atoms with E-state index in [0.717, 1.165) is 11.3 Å². The standard InChI is InChI=1S/C18H25N5O3S/c1-11-8-15(24)23(18(11)25)22-17(14(9-19)16(20)27-3)21-10-12-4-6-13(26-2)7-5-12/h4-7,11,15,18,24-25H,8,10,20H2,1-3H3,(H,21,22)/b16-14+. The van der Waals surface area contributed by atoms with Crippen LogP contribution in [-0.4, -0.2) is 46.9 Å². The molecule has 1 aliphatic heterocycles. The van der Waals surface area contributed by atoms with Crippen LogP contribution in [0.2, 0.25) is 0 Å². The highest BCUT2D eigenvalue weighted by Crippen LogP contribution is 2.25. The first kappa shape index (κ1) is 21.1. The molecule has 0 saturated carbocycles. The molecule has 0 aliphatic carbocycles. The summed E-state index contributed by atoms with van der Waals surface area (Å²) in [5.74, 6) is 0.817. The van der Waals surface area contributed by atoms with Gasteiger partial charge in [-0.15, -0.1) is 11.8 Å². The van der Waals surface area contributed by atoms with Gasteiger partial charge in [0.2, 0.25) is 0 Å². The molecular formula is C18H25N5O3S. The lowest BCUT2D eigenvalue weighted by atomic mass is 10.1. The van der Waals surface area contributed by atoms with E-state index in [1.165, 1.54) is 16.8 Å². The Kier molecular flexibility index (Phi) is 7.50. The van der Waals surface area contributed by atoms with E-state index < -0.39 is 12.5 Å². The molecule has 5 N–H and O–H groups in total. The number of rotatable bonds is 6. The summed E-state index contributed by atoms with van der Waals surface area (Å²) >= 11 is 1.23. The van der Waals surface area contributed by atoms with Gasteiger partial charge in [-0.25, -0.2) is 0 Å². The lowest BCUT2D eigenvalue weighted by Gasteiger charge is -2.27. The van der Waals surface area contributed by atoms with Crippen molar-refractivity contribution >= 4 is 17.6 Å². The fourth-order valence-corrected chi connectivity index (χ4v) is 3.03. The Hall–Kier alpha value is -2.25. The fraction of sp³-hybridized carbons (Fsp3) is 0.444. The summed E-state index contributed by atoms with van der Waals surface area (Å²) in [6.07, 6.45) is 0.372. The number of nitriles is 1. The molecule has 0 aromatic heterocycles. The van der Waals surface area contributed by atoms with Crippen LogP contribution in [0.3, 0.4) is 0 Å². The highest BCUT2D eigenvalue weighted by Gasteiger charge is 2.37. The second kappa shape index (κ2) is 9.62. The number of amidine groups is 1. The maximum Gasteiger partial charge on any atom is 0.156 e. The van der Waals surface area contributed by atoms with Gasteiger partial charge in [-0.2, -0.15) is 10.3 Å². The van der Waals surface area contributed by atoms with Crippen molar-refractivity contribution in [3.63, 3.8) is 0 Å². The van der Waals surface area contributed by atoms with E-state index in [4.69, 9.17) is 10.5 Å². The van der Waals surface area contributed by atoms with Crippen LogP contribution in [-0.2, 0) is 6.54 Å². The zero-order valence-electron chi connectivity index (χ0n) is 15.6. The van der Waals surface area contributed by atoms with Crippen molar-refractivity contribution in [3.05, 3.63) is 40.4 Å². The minimum Gasteiger partial charge on any atom is -0.497 e. The van der Waals surface area contributed by atoms with Gasteiger partial charge in [0.25, 0.3) is 0 Å². The summed E-state index contributed by atoms with van der Waals surface area (Å²) in [6.45, 7) is 2.12. The van der Waals surface area contributed by atoms with Gasteiger partial charge in [0, 0.05) is 5.92 Å². The molecule has 1 aromatic carbocycles. The summed E-state index contributed by atoms with van der Waals surface area (Å²) in [5.41, 5.74) is 9.91. The maximum absolute atomic E-state index is 10.3. The van der Waals surface area contributed by atoms with Crippen LogP contribution in [0.5, 0.6) is 5.75 Å². The number of nitrogens with one attached hydrogen (secondary N) is 1. The van der Waals surface area contributed by atoms with E-state index in [-0.39, 0.29) is 23.9 Å². The van der Waals surface area contributed by atoms with Gasteiger partial charge >= 0.3 is 0 Å². The summed E-state index contributed by atoms with van der Waals surface area (Å²) in [5, 5.41) is 31.6. The van der Waals surface area contributed by atoms with Gasteiger partial charge in [-0.1, -0.05) is 19.1 Å². The zero-order valence-corrected chi connectivity index (χ0v) is 16.4. The third-order valence-electron chi connectivity index (χ3n) is 4.33. The Morgan fingerprint density at radius 3 is 2.59 bits per heavy atom. The third kappa shape index (κ3) is 5.14. The van der Waals surface area contributed by atoms with Crippen molar-refractivity contribution in [2.24, 2.45) is 16.6 Å². The summed E-state index contributed by atoms with van der Waals surface area (Å²) in [7, 11) is 1.60. The monoisotopic (exact) mass is 391 g/mol. The Balaban J connectivity index is 2.30. The van der Waals surface area contributed by atoms with E-state index in [0.29, 0.717) is 11.4 Å². The predicted molar refractivity (Wildman–Crippen MR) is 105 cm³/mol. The minimum absolute atomic E-state index is 0.122. The minimum atomic E-state index is -0.901. The number of nitrogens with two attached hydrogens (primary N) is 1. The van der Waals surface area contributed by atoms with Crippen LogP contribution in [0.1, 0.15) is 18.9 Å². The number of hydrazine groups is 1. The van der Waals surface area contributed by atoms with Gasteiger partial charge in [0.05, 0.1) is 18.7 Å². The van der Waals surface area contributed by atoms with Crippen molar-refractivity contribution in [3.8, 4) is 11.8 Å². The zero-order chi connectivity index (χ0) is 20.0. The molecule has 27 heavy (non-hydrogen) atoms. The van der Waals surface area contributed by atoms with Gasteiger partial charge in [0.15, 0.2) is 5.84 Å². The van der Waals surface area contributed by atoms with Crippen LogP contribution >= 0.6 is 11.8 Å². The van der Waals surface area contributed by atoms with Crippen LogP contribution in [0, 0.1) is 17.2 Å². The summed E-state index contributed by atoms with van der Waals surface area (Å²) in [6, 6.07) is 9.44. The molecule has 1 heterocycles. The van der Waals surface area contributed by atoms with E-state index >= 15 is 0 Å². The molecule has 0 spiro atoms. The molecular weight excluding hydrogens is 366 g/mol. The maximum atomic E-state index is 10.3. The molecule has 0 amide bonds. The number of benzene rings is 1. The molecule has 146 valence electrons. The average Bonchev–Trinajstić information content (AvgIpc) is 2.92. The van der Waals surface area contributed by atoms with Crippen LogP contribution < -0.4 is 15.9 Å². The molecule has 1 saturated heterocycles. The van der Waals surface area contributed by atoms with E-state index in [2.05, 4.69) is 16.5 Å². The summed E-state index contributed by atoms with van der Waals surface area (Å²) in [4.78, 5) is 4.47. The molecule has 2 rings (SSSR count). The van der Waals surface area contributed by atoms with Crippen LogP contribution in [0.4, 0.5) is 0 Å². The Labute approximate surface area is 163 Å². The second-order valence-corrected chi connectivity index (χ2v) is 7.04. The number of aliphatic hydroxyl groups is 2. The number of ether oxygens (including phenoxy) is 1. The molecule has 9 heteroatoms. The molecule has 0 bridgehead atoms. The fourth-order valence-electron chi connectivity index (χ4n) is 2.68. The normalized spacial score (nSPS) is 24.3. The SMILES string of the molecule is COc1ccc(CN=C(NN2C(O)CC(C)C2O)/C(C#N)=C(\N)SC)cc1. The van der Waals surface area contributed by atoms with Crippen molar-refractivity contribution in [1.29, 1.82) is 5.26 Å². The second-order valence-electron chi connectivity index (χ2n) is 6.19. The van der Waals surface area contributed by atoms with Gasteiger partial charge in [0.1, 0.15) is 29.8 Å². The largest absolute Gasteiger partial charge is 0.497 e. The smallest absolute Gasteiger partial charge is 0.156 e. The van der Waals surface area contributed by atoms with E-state index in [1.54, 1.807) is 13.4 Å². The highest BCUT2D eigenvalue weighted by atomic mass is 32.2. The molecule has 3 atom stereocenters. The first-order valence-electron chi connectivity index (χ1n) is 8.44. The predicted octanol–water partition coefficient (Wildman–Crippen LogP) is 1.13. The van der Waals surface area contributed by atoms with E-state index in [1.807, 2.05) is 31.2 Å². The Morgan fingerprint density at radius 2 is 2.11 bits per heavy atom. The lowest BCUT2D eigenvalue weighted by Crippen LogP contribution is -2.50. The lowest BCUT2D eigenvalue weighted by molar-refractivity contribution is -0.0792. The number of hydrogen-bond donors (Lipinski definition) is 4. The van der Waals surface area contributed by atoms with Crippen LogP contribution in [0.25, 0.3) is 0 Å². The first-order chi connectivity index (χ1) is 12.9. The number of thioether (sulfide) groups is 1. The molecule has 1 aliphatic rings. The molecule has 0 radical (unpaired) electrons. The van der Waals surface area contributed by atoms with Gasteiger partial charge < -0.3 is 20.7 Å². The van der Waals surface area contributed by atoms with Crippen molar-refractivity contribution in [2.45, 2.75) is 32.3 Å². The quantitative estimate of drug-likeness (QED) is 0.323. The molecule has 1 aromatic rings. The van der Waals surface area contributed by atoms with Gasteiger partial charge in [-0.3, -0.25) is 10.4 Å². The molecule has 1 fully saturated rings. The number of nitrogens with zero attached hydrogens (tertiary/aromatic N) is 3. The Morgan fingerprint density at radius 1 is 1.44 bits per heavy atom. The van der Waals surface area contributed by atoms with Gasteiger partial charge in [-0.05, 0) is 30.4 Å². The average molecular weight is 391 g/mol. The number of methoxy groups -OCH3 is 1. The number of hydrogen-bond acceptors (Lipinski definition) is 8. The number of aliphatic hydroxyl groups excluding tert-OH is 2.